The van der Waals surface area contributed by atoms with E-state index < -0.39 is 27.4 Å². The number of hydrazone groups is 1. The highest BCUT2D eigenvalue weighted by atomic mass is 35.5. The number of nitrogens with zero attached hydrogens (tertiary/aromatic N) is 3. The lowest BCUT2D eigenvalue weighted by Crippen LogP contribution is -2.39. The maximum absolute atomic E-state index is 13.4. The molecule has 3 aromatic carbocycles. The number of amides is 1. The van der Waals surface area contributed by atoms with Gasteiger partial charge in [-0.2, -0.15) is 5.10 Å². The molecule has 0 bridgehead atoms. The molecule has 176 valence electrons. The number of benzene rings is 3. The Balaban J connectivity index is 1.87. The molecule has 0 spiro atoms. The summed E-state index contributed by atoms with van der Waals surface area (Å²) in [5.74, 6) is -0.708. The van der Waals surface area contributed by atoms with Crippen LogP contribution in [-0.4, -0.2) is 31.5 Å². The summed E-state index contributed by atoms with van der Waals surface area (Å²) in [4.78, 5) is 23.1. The van der Waals surface area contributed by atoms with Crippen LogP contribution in [-0.2, 0) is 14.8 Å². The molecule has 0 aliphatic carbocycles. The first-order valence-corrected chi connectivity index (χ1v) is 11.8. The van der Waals surface area contributed by atoms with E-state index in [-0.39, 0.29) is 16.3 Å². The summed E-state index contributed by atoms with van der Waals surface area (Å²) < 4.78 is 27.7. The summed E-state index contributed by atoms with van der Waals surface area (Å²) in [6.07, 6.45) is 0. The number of carbonyl (C=O) groups excluding carboxylic acids is 1. The standard InChI is InChI=1S/C23H21ClN4O5S/c1-16-9-11-22(12-10-16)34(32,33)27(20-7-4-6-19(24)14-20)15-23(29)26-25-17(2)18-5-3-8-21(13-18)28(30)31/h3-14H,15H2,1-2H3,(H,26,29)/b25-17-. The fraction of sp³-hybridized carbons (Fsp3) is 0.130. The van der Waals surface area contributed by atoms with E-state index >= 15 is 0 Å². The minimum absolute atomic E-state index is 0.0159. The van der Waals surface area contributed by atoms with E-state index in [0.717, 1.165) is 9.87 Å². The van der Waals surface area contributed by atoms with Crippen molar-refractivity contribution in [3.63, 3.8) is 0 Å². The van der Waals surface area contributed by atoms with Crippen molar-refractivity contribution in [2.75, 3.05) is 10.8 Å². The van der Waals surface area contributed by atoms with Crippen LogP contribution in [0, 0.1) is 17.0 Å². The first-order chi connectivity index (χ1) is 16.1. The van der Waals surface area contributed by atoms with Gasteiger partial charge in [-0.05, 0) is 44.2 Å². The number of nitrogens with one attached hydrogen (secondary N) is 1. The number of rotatable bonds is 8. The van der Waals surface area contributed by atoms with Crippen LogP contribution < -0.4 is 9.73 Å². The van der Waals surface area contributed by atoms with Crippen molar-refractivity contribution in [2.45, 2.75) is 18.7 Å². The van der Waals surface area contributed by atoms with Crippen molar-refractivity contribution in [1.82, 2.24) is 5.43 Å². The quantitative estimate of drug-likeness (QED) is 0.281. The molecule has 9 nitrogen and oxygen atoms in total. The maximum Gasteiger partial charge on any atom is 0.270 e. The molecule has 3 rings (SSSR count). The van der Waals surface area contributed by atoms with Crippen LogP contribution in [0.15, 0.2) is 82.8 Å². The van der Waals surface area contributed by atoms with Gasteiger partial charge in [0.25, 0.3) is 21.6 Å². The largest absolute Gasteiger partial charge is 0.271 e. The van der Waals surface area contributed by atoms with Crippen molar-refractivity contribution < 1.29 is 18.1 Å². The van der Waals surface area contributed by atoms with Crippen molar-refractivity contribution in [2.24, 2.45) is 5.10 Å². The SMILES string of the molecule is C/C(=N/NC(=O)CN(c1cccc(Cl)c1)S(=O)(=O)c1ccc(C)cc1)c1cccc([N+](=O)[O-])c1. The first-order valence-electron chi connectivity index (χ1n) is 10.0. The average molecular weight is 501 g/mol. The third-order valence-corrected chi connectivity index (χ3v) is 6.84. The highest BCUT2D eigenvalue weighted by Crippen LogP contribution is 2.26. The van der Waals surface area contributed by atoms with Gasteiger partial charge in [0.1, 0.15) is 6.54 Å². The predicted molar refractivity (Wildman–Crippen MR) is 131 cm³/mol. The van der Waals surface area contributed by atoms with Gasteiger partial charge in [-0.3, -0.25) is 19.2 Å². The van der Waals surface area contributed by atoms with Crippen LogP contribution in [0.25, 0.3) is 0 Å². The lowest BCUT2D eigenvalue weighted by Gasteiger charge is -2.24. The molecule has 0 fully saturated rings. The number of non-ortho nitro benzene ring substituents is 1. The van der Waals surface area contributed by atoms with Gasteiger partial charge in [-0.15, -0.1) is 0 Å². The molecular formula is C23H21ClN4O5S. The second-order valence-electron chi connectivity index (χ2n) is 7.34. The normalized spacial score (nSPS) is 11.7. The second kappa shape index (κ2) is 10.4. The Morgan fingerprint density at radius 2 is 1.76 bits per heavy atom. The zero-order chi connectivity index (χ0) is 24.9. The summed E-state index contributed by atoms with van der Waals surface area (Å²) >= 11 is 6.06. The monoisotopic (exact) mass is 500 g/mol. The number of carbonyl (C=O) groups is 1. The van der Waals surface area contributed by atoms with Gasteiger partial charge in [-0.1, -0.05) is 47.5 Å². The van der Waals surface area contributed by atoms with Crippen LogP contribution in [0.3, 0.4) is 0 Å². The molecule has 0 atom stereocenters. The van der Waals surface area contributed by atoms with E-state index in [1.807, 2.05) is 6.92 Å². The fourth-order valence-corrected chi connectivity index (χ4v) is 4.60. The van der Waals surface area contributed by atoms with Crippen LogP contribution in [0.2, 0.25) is 5.02 Å². The lowest BCUT2D eigenvalue weighted by molar-refractivity contribution is -0.384. The molecular weight excluding hydrogens is 480 g/mol. The summed E-state index contributed by atoms with van der Waals surface area (Å²) in [5.41, 5.74) is 4.05. The molecule has 0 saturated carbocycles. The highest BCUT2D eigenvalue weighted by molar-refractivity contribution is 7.92. The minimum atomic E-state index is -4.10. The Morgan fingerprint density at radius 3 is 2.41 bits per heavy atom. The van der Waals surface area contributed by atoms with Crippen molar-refractivity contribution in [3.8, 4) is 0 Å². The minimum Gasteiger partial charge on any atom is -0.271 e. The zero-order valence-corrected chi connectivity index (χ0v) is 19.9. The van der Waals surface area contributed by atoms with Crippen LogP contribution in [0.4, 0.5) is 11.4 Å². The highest BCUT2D eigenvalue weighted by Gasteiger charge is 2.27. The summed E-state index contributed by atoms with van der Waals surface area (Å²) in [5, 5.41) is 15.3. The fourth-order valence-electron chi connectivity index (χ4n) is 3.00. The number of hydrogen-bond donors (Lipinski definition) is 1. The van der Waals surface area contributed by atoms with Crippen LogP contribution >= 0.6 is 11.6 Å². The Labute approximate surface area is 201 Å². The van der Waals surface area contributed by atoms with Gasteiger partial charge in [0.2, 0.25) is 0 Å². The Hall–Kier alpha value is -3.76. The third-order valence-electron chi connectivity index (χ3n) is 4.82. The molecule has 0 aliphatic rings. The molecule has 0 aromatic heterocycles. The number of hydrogen-bond acceptors (Lipinski definition) is 6. The molecule has 0 unspecified atom stereocenters. The van der Waals surface area contributed by atoms with E-state index in [1.165, 1.54) is 42.5 Å². The second-order valence-corrected chi connectivity index (χ2v) is 9.64. The Morgan fingerprint density at radius 1 is 1.09 bits per heavy atom. The molecule has 0 saturated heterocycles. The van der Waals surface area contributed by atoms with Crippen molar-refractivity contribution >= 4 is 44.6 Å². The van der Waals surface area contributed by atoms with Crippen molar-refractivity contribution in [3.05, 3.63) is 99.1 Å². The summed E-state index contributed by atoms with van der Waals surface area (Å²) in [6, 6.07) is 18.2. The molecule has 1 N–H and O–H groups in total. The summed E-state index contributed by atoms with van der Waals surface area (Å²) in [7, 11) is -4.10. The molecule has 11 heteroatoms. The topological polar surface area (TPSA) is 122 Å². The van der Waals surface area contributed by atoms with E-state index in [9.17, 15) is 23.3 Å². The van der Waals surface area contributed by atoms with Gasteiger partial charge in [0.15, 0.2) is 0 Å². The molecule has 0 aliphatic heterocycles. The average Bonchev–Trinajstić information content (AvgIpc) is 2.81. The number of anilines is 1. The van der Waals surface area contributed by atoms with Gasteiger partial charge >= 0.3 is 0 Å². The third kappa shape index (κ3) is 5.97. The van der Waals surface area contributed by atoms with Gasteiger partial charge in [-0.25, -0.2) is 13.8 Å². The van der Waals surface area contributed by atoms with Gasteiger partial charge < -0.3 is 0 Å². The predicted octanol–water partition coefficient (Wildman–Crippen LogP) is 4.29. The molecule has 1 amide bonds. The number of nitro benzene ring substituents is 1. The lowest BCUT2D eigenvalue weighted by atomic mass is 10.1. The van der Waals surface area contributed by atoms with E-state index in [2.05, 4.69) is 10.5 Å². The zero-order valence-electron chi connectivity index (χ0n) is 18.3. The number of aryl methyl sites for hydroxylation is 1. The van der Waals surface area contributed by atoms with Crippen molar-refractivity contribution in [1.29, 1.82) is 0 Å². The van der Waals surface area contributed by atoms with Crippen LogP contribution in [0.5, 0.6) is 0 Å². The smallest absolute Gasteiger partial charge is 0.270 e. The first kappa shape index (κ1) is 24.9. The van der Waals surface area contributed by atoms with Crippen LogP contribution in [0.1, 0.15) is 18.1 Å². The molecule has 34 heavy (non-hydrogen) atoms. The number of nitro groups is 1. The molecule has 0 heterocycles. The van der Waals surface area contributed by atoms with E-state index in [0.29, 0.717) is 16.3 Å². The maximum atomic E-state index is 13.4. The Kier molecular flexibility index (Phi) is 7.64. The van der Waals surface area contributed by atoms with Gasteiger partial charge in [0, 0.05) is 22.7 Å². The van der Waals surface area contributed by atoms with E-state index in [1.54, 1.807) is 37.3 Å². The van der Waals surface area contributed by atoms with E-state index in [4.69, 9.17) is 11.6 Å². The van der Waals surface area contributed by atoms with Gasteiger partial charge in [0.05, 0.1) is 21.2 Å². The molecule has 3 aromatic rings. The number of sulfonamides is 1. The Bertz CT molecular complexity index is 1360. The molecule has 0 radical (unpaired) electrons. The number of halogens is 1. The summed E-state index contributed by atoms with van der Waals surface area (Å²) in [6.45, 7) is 2.83.